The average Bonchev–Trinajstić information content (AvgIpc) is 2.73. The van der Waals surface area contributed by atoms with Crippen LogP contribution in [0.15, 0.2) is 42.5 Å². The molecule has 162 valence electrons. The Labute approximate surface area is 177 Å². The third-order valence-corrected chi connectivity index (χ3v) is 3.83. The third-order valence-electron chi connectivity index (χ3n) is 3.83. The molecule has 2 rings (SSSR count). The number of hydrogen-bond acceptors (Lipinski definition) is 6. The van der Waals surface area contributed by atoms with Gasteiger partial charge in [0, 0.05) is 11.8 Å². The first kappa shape index (κ1) is 23.1. The standard InChI is InChI=1S/C23H29NO6/c1-5-27-20-12-9-18(13-21(20)28-6-2)24-22(25)15-30-23(26)17-7-10-19(11-8-17)29-14-16(3)4/h7-13,16H,5-6,14-15H2,1-4H3,(H,24,25). The first-order valence-electron chi connectivity index (χ1n) is 10.0. The number of esters is 1. The molecule has 0 fully saturated rings. The van der Waals surface area contributed by atoms with Gasteiger partial charge in [-0.05, 0) is 56.2 Å². The first-order valence-corrected chi connectivity index (χ1v) is 10.0. The minimum absolute atomic E-state index is 0.347. The zero-order chi connectivity index (χ0) is 21.9. The van der Waals surface area contributed by atoms with Gasteiger partial charge >= 0.3 is 5.97 Å². The van der Waals surface area contributed by atoms with Crippen LogP contribution in [0.1, 0.15) is 38.1 Å². The predicted octanol–water partition coefficient (Wildman–Crippen LogP) is 4.31. The molecule has 30 heavy (non-hydrogen) atoms. The average molecular weight is 415 g/mol. The molecule has 7 heteroatoms. The zero-order valence-corrected chi connectivity index (χ0v) is 17.9. The molecule has 0 bridgehead atoms. The lowest BCUT2D eigenvalue weighted by Gasteiger charge is -2.13. The summed E-state index contributed by atoms with van der Waals surface area (Å²) >= 11 is 0. The van der Waals surface area contributed by atoms with Gasteiger partial charge in [-0.15, -0.1) is 0 Å². The van der Waals surface area contributed by atoms with E-state index in [9.17, 15) is 9.59 Å². The number of hydrogen-bond donors (Lipinski definition) is 1. The second kappa shape index (κ2) is 11.7. The highest BCUT2D eigenvalue weighted by Gasteiger charge is 2.12. The van der Waals surface area contributed by atoms with Crippen molar-refractivity contribution in [3.63, 3.8) is 0 Å². The molecule has 2 aromatic rings. The normalized spacial score (nSPS) is 10.4. The summed E-state index contributed by atoms with van der Waals surface area (Å²) in [6, 6.07) is 11.7. The van der Waals surface area contributed by atoms with E-state index >= 15 is 0 Å². The van der Waals surface area contributed by atoms with Crippen molar-refractivity contribution in [1.82, 2.24) is 0 Å². The summed E-state index contributed by atoms with van der Waals surface area (Å²) < 4.78 is 21.7. The van der Waals surface area contributed by atoms with Gasteiger partial charge in [0.25, 0.3) is 5.91 Å². The highest BCUT2D eigenvalue weighted by atomic mass is 16.5. The van der Waals surface area contributed by atoms with E-state index in [0.29, 0.717) is 54.2 Å². The van der Waals surface area contributed by atoms with Gasteiger partial charge in [-0.3, -0.25) is 4.79 Å². The summed E-state index contributed by atoms with van der Waals surface area (Å²) in [5, 5.41) is 2.68. The van der Waals surface area contributed by atoms with Crippen LogP contribution in [0.3, 0.4) is 0 Å². The van der Waals surface area contributed by atoms with Crippen molar-refractivity contribution in [2.24, 2.45) is 5.92 Å². The topological polar surface area (TPSA) is 83.1 Å². The van der Waals surface area contributed by atoms with E-state index in [2.05, 4.69) is 19.2 Å². The Morgan fingerprint density at radius 3 is 2.20 bits per heavy atom. The lowest BCUT2D eigenvalue weighted by Crippen LogP contribution is -2.21. The second-order valence-corrected chi connectivity index (χ2v) is 6.88. The van der Waals surface area contributed by atoms with Crippen molar-refractivity contribution in [1.29, 1.82) is 0 Å². The molecule has 2 aromatic carbocycles. The number of amides is 1. The highest BCUT2D eigenvalue weighted by molar-refractivity contribution is 5.95. The maximum Gasteiger partial charge on any atom is 0.338 e. The van der Waals surface area contributed by atoms with Crippen LogP contribution in [0.2, 0.25) is 0 Å². The summed E-state index contributed by atoms with van der Waals surface area (Å²) in [5.41, 5.74) is 0.869. The molecule has 0 saturated carbocycles. The Balaban J connectivity index is 1.88. The minimum atomic E-state index is -0.581. The van der Waals surface area contributed by atoms with Crippen LogP contribution in [-0.4, -0.2) is 38.3 Å². The van der Waals surface area contributed by atoms with E-state index in [-0.39, 0.29) is 0 Å². The zero-order valence-electron chi connectivity index (χ0n) is 17.9. The van der Waals surface area contributed by atoms with Crippen molar-refractivity contribution in [3.8, 4) is 17.2 Å². The fourth-order valence-corrected chi connectivity index (χ4v) is 2.49. The van der Waals surface area contributed by atoms with Gasteiger partial charge < -0.3 is 24.3 Å². The number of benzene rings is 2. The predicted molar refractivity (Wildman–Crippen MR) is 114 cm³/mol. The summed E-state index contributed by atoms with van der Waals surface area (Å²) in [4.78, 5) is 24.3. The van der Waals surface area contributed by atoms with Gasteiger partial charge in [-0.25, -0.2) is 4.79 Å². The maximum atomic E-state index is 12.2. The Morgan fingerprint density at radius 1 is 0.900 bits per heavy atom. The summed E-state index contributed by atoms with van der Waals surface area (Å²) in [5.74, 6) is 1.19. The molecule has 0 heterocycles. The Bertz CT molecular complexity index is 832. The number of carbonyl (C=O) groups is 2. The molecular weight excluding hydrogens is 386 g/mol. The fourth-order valence-electron chi connectivity index (χ4n) is 2.49. The van der Waals surface area contributed by atoms with E-state index < -0.39 is 18.5 Å². The van der Waals surface area contributed by atoms with Crippen molar-refractivity contribution >= 4 is 17.6 Å². The Hall–Kier alpha value is -3.22. The quantitative estimate of drug-likeness (QED) is 0.551. The van der Waals surface area contributed by atoms with Crippen molar-refractivity contribution in [3.05, 3.63) is 48.0 Å². The molecular formula is C23H29NO6. The van der Waals surface area contributed by atoms with Crippen LogP contribution in [0, 0.1) is 5.92 Å². The number of ether oxygens (including phenoxy) is 4. The van der Waals surface area contributed by atoms with Crippen molar-refractivity contribution in [2.45, 2.75) is 27.7 Å². The van der Waals surface area contributed by atoms with Crippen molar-refractivity contribution in [2.75, 3.05) is 31.7 Å². The number of anilines is 1. The van der Waals surface area contributed by atoms with Gasteiger partial charge in [0.2, 0.25) is 0 Å². The molecule has 0 radical (unpaired) electrons. The molecule has 1 amide bonds. The monoisotopic (exact) mass is 415 g/mol. The number of carbonyl (C=O) groups excluding carboxylic acids is 2. The Morgan fingerprint density at radius 2 is 1.57 bits per heavy atom. The molecule has 0 unspecified atom stereocenters. The van der Waals surface area contributed by atoms with Crippen LogP contribution >= 0.6 is 0 Å². The van der Waals surface area contributed by atoms with E-state index in [1.54, 1.807) is 42.5 Å². The lowest BCUT2D eigenvalue weighted by molar-refractivity contribution is -0.119. The SMILES string of the molecule is CCOc1ccc(NC(=O)COC(=O)c2ccc(OCC(C)C)cc2)cc1OCC. The van der Waals surface area contributed by atoms with E-state index in [1.165, 1.54) is 0 Å². The molecule has 0 atom stereocenters. The summed E-state index contributed by atoms with van der Waals surface area (Å²) in [6.07, 6.45) is 0. The van der Waals surface area contributed by atoms with Gasteiger partial charge in [-0.1, -0.05) is 13.8 Å². The van der Waals surface area contributed by atoms with Crippen LogP contribution in [0.5, 0.6) is 17.2 Å². The molecule has 0 spiro atoms. The van der Waals surface area contributed by atoms with Gasteiger partial charge in [-0.2, -0.15) is 0 Å². The number of nitrogens with one attached hydrogen (secondary N) is 1. The molecule has 0 aliphatic rings. The van der Waals surface area contributed by atoms with Crippen molar-refractivity contribution < 1.29 is 28.5 Å². The summed E-state index contributed by atoms with van der Waals surface area (Å²) in [6.45, 7) is 9.03. The molecule has 7 nitrogen and oxygen atoms in total. The molecule has 1 N–H and O–H groups in total. The maximum absolute atomic E-state index is 12.2. The third kappa shape index (κ3) is 7.31. The molecule has 0 aliphatic heterocycles. The van der Waals surface area contributed by atoms with E-state index in [1.807, 2.05) is 13.8 Å². The van der Waals surface area contributed by atoms with Crippen LogP contribution in [0.4, 0.5) is 5.69 Å². The molecule has 0 aromatic heterocycles. The number of rotatable bonds is 11. The van der Waals surface area contributed by atoms with Gasteiger partial charge in [0.15, 0.2) is 18.1 Å². The van der Waals surface area contributed by atoms with Gasteiger partial charge in [0.1, 0.15) is 5.75 Å². The van der Waals surface area contributed by atoms with Gasteiger partial charge in [0.05, 0.1) is 25.4 Å². The van der Waals surface area contributed by atoms with E-state index in [0.717, 1.165) is 0 Å². The van der Waals surface area contributed by atoms with Crippen LogP contribution < -0.4 is 19.5 Å². The smallest absolute Gasteiger partial charge is 0.338 e. The largest absolute Gasteiger partial charge is 0.493 e. The Kier molecular flexibility index (Phi) is 9.00. The first-order chi connectivity index (χ1) is 14.4. The summed E-state index contributed by atoms with van der Waals surface area (Å²) in [7, 11) is 0. The second-order valence-electron chi connectivity index (χ2n) is 6.88. The highest BCUT2D eigenvalue weighted by Crippen LogP contribution is 2.30. The van der Waals surface area contributed by atoms with Crippen LogP contribution in [0.25, 0.3) is 0 Å². The minimum Gasteiger partial charge on any atom is -0.493 e. The molecule has 0 aliphatic carbocycles. The fraction of sp³-hybridized carbons (Fsp3) is 0.391. The molecule has 0 saturated heterocycles. The lowest BCUT2D eigenvalue weighted by atomic mass is 10.2. The van der Waals surface area contributed by atoms with Crippen LogP contribution in [-0.2, 0) is 9.53 Å². The van der Waals surface area contributed by atoms with E-state index in [4.69, 9.17) is 18.9 Å².